The van der Waals surface area contributed by atoms with Gasteiger partial charge in [-0.2, -0.15) is 0 Å². The van der Waals surface area contributed by atoms with Crippen LogP contribution in [0.1, 0.15) is 51.4 Å². The molecular formula is C17H24N2O. The summed E-state index contributed by atoms with van der Waals surface area (Å²) in [6.45, 7) is 8.79. The summed E-state index contributed by atoms with van der Waals surface area (Å²) in [7, 11) is 0. The molecule has 2 aromatic rings. The normalized spacial score (nSPS) is 11.5. The zero-order valence-corrected chi connectivity index (χ0v) is 12.8. The number of nitrogens with two attached hydrogens (primary N) is 1. The highest BCUT2D eigenvalue weighted by Crippen LogP contribution is 2.31. The van der Waals surface area contributed by atoms with Gasteiger partial charge in [-0.3, -0.25) is 0 Å². The first-order valence-corrected chi connectivity index (χ1v) is 7.33. The minimum absolute atomic E-state index is 0.487. The molecule has 1 aromatic heterocycles. The third kappa shape index (κ3) is 3.21. The molecule has 0 aliphatic heterocycles. The van der Waals surface area contributed by atoms with Crippen LogP contribution in [0.15, 0.2) is 28.8 Å². The number of rotatable bonds is 5. The Balaban J connectivity index is 2.29. The van der Waals surface area contributed by atoms with Gasteiger partial charge in [0, 0.05) is 6.42 Å². The molecule has 2 rings (SSSR count). The number of nitrogen functional groups attached to an aromatic ring is 1. The molecule has 0 radical (unpaired) electrons. The Bertz CT molecular complexity index is 553. The Kier molecular flexibility index (Phi) is 4.48. The standard InChI is InChI=1S/C17H24N2O/c1-11(2)5-10-15-16(17(18)19-20-15)14-8-6-13(7-9-14)12(3)4/h6-9,11-12H,5,10H2,1-4H3,(H2,18,19). The van der Waals surface area contributed by atoms with Crippen LogP contribution in [-0.2, 0) is 6.42 Å². The molecule has 0 saturated heterocycles. The lowest BCUT2D eigenvalue weighted by Crippen LogP contribution is -1.95. The number of hydrogen-bond donors (Lipinski definition) is 1. The summed E-state index contributed by atoms with van der Waals surface area (Å²) in [6, 6.07) is 8.52. The molecule has 2 N–H and O–H groups in total. The molecule has 0 aliphatic carbocycles. The van der Waals surface area contributed by atoms with E-state index in [0.717, 1.165) is 29.7 Å². The van der Waals surface area contributed by atoms with Gasteiger partial charge >= 0.3 is 0 Å². The van der Waals surface area contributed by atoms with Crippen LogP contribution < -0.4 is 5.73 Å². The maximum Gasteiger partial charge on any atom is 0.175 e. The Hall–Kier alpha value is -1.77. The quantitative estimate of drug-likeness (QED) is 0.863. The van der Waals surface area contributed by atoms with Crippen molar-refractivity contribution in [3.8, 4) is 11.1 Å². The van der Waals surface area contributed by atoms with Crippen molar-refractivity contribution in [3.05, 3.63) is 35.6 Å². The Morgan fingerprint density at radius 1 is 1.10 bits per heavy atom. The van der Waals surface area contributed by atoms with Crippen molar-refractivity contribution in [3.63, 3.8) is 0 Å². The van der Waals surface area contributed by atoms with E-state index in [9.17, 15) is 0 Å². The topological polar surface area (TPSA) is 52.0 Å². The second-order valence-electron chi connectivity index (χ2n) is 6.08. The van der Waals surface area contributed by atoms with E-state index in [4.69, 9.17) is 10.3 Å². The average molecular weight is 272 g/mol. The molecule has 0 aliphatic rings. The highest BCUT2D eigenvalue weighted by molar-refractivity contribution is 5.75. The van der Waals surface area contributed by atoms with Gasteiger partial charge in [-0.15, -0.1) is 0 Å². The third-order valence-electron chi connectivity index (χ3n) is 3.60. The second kappa shape index (κ2) is 6.12. The van der Waals surface area contributed by atoms with Gasteiger partial charge in [0.15, 0.2) is 5.82 Å². The summed E-state index contributed by atoms with van der Waals surface area (Å²) in [4.78, 5) is 0. The third-order valence-corrected chi connectivity index (χ3v) is 3.60. The second-order valence-corrected chi connectivity index (χ2v) is 6.08. The highest BCUT2D eigenvalue weighted by Gasteiger charge is 2.16. The molecule has 0 fully saturated rings. The lowest BCUT2D eigenvalue weighted by atomic mass is 9.97. The monoisotopic (exact) mass is 272 g/mol. The van der Waals surface area contributed by atoms with Gasteiger partial charge in [-0.05, 0) is 29.4 Å². The summed E-state index contributed by atoms with van der Waals surface area (Å²) in [5, 5.41) is 3.93. The van der Waals surface area contributed by atoms with Crippen LogP contribution in [0.25, 0.3) is 11.1 Å². The van der Waals surface area contributed by atoms with Gasteiger partial charge in [0.25, 0.3) is 0 Å². The van der Waals surface area contributed by atoms with Crippen molar-refractivity contribution >= 4 is 5.82 Å². The zero-order chi connectivity index (χ0) is 14.7. The summed E-state index contributed by atoms with van der Waals surface area (Å²) >= 11 is 0. The van der Waals surface area contributed by atoms with Crippen LogP contribution in [0.4, 0.5) is 5.82 Å². The first-order chi connectivity index (χ1) is 9.49. The number of benzene rings is 1. The smallest absolute Gasteiger partial charge is 0.175 e. The molecule has 20 heavy (non-hydrogen) atoms. The lowest BCUT2D eigenvalue weighted by molar-refractivity contribution is 0.376. The molecule has 0 unspecified atom stereocenters. The van der Waals surface area contributed by atoms with Gasteiger partial charge in [0.2, 0.25) is 0 Å². The van der Waals surface area contributed by atoms with Gasteiger partial charge in [-0.25, -0.2) is 0 Å². The maximum atomic E-state index is 5.97. The van der Waals surface area contributed by atoms with Crippen molar-refractivity contribution < 1.29 is 4.52 Å². The zero-order valence-electron chi connectivity index (χ0n) is 12.8. The van der Waals surface area contributed by atoms with Crippen LogP contribution in [0.2, 0.25) is 0 Å². The van der Waals surface area contributed by atoms with Crippen LogP contribution in [0.3, 0.4) is 0 Å². The minimum Gasteiger partial charge on any atom is -0.380 e. The number of anilines is 1. The van der Waals surface area contributed by atoms with E-state index in [1.807, 2.05) is 0 Å². The molecule has 1 aromatic carbocycles. The molecule has 0 bridgehead atoms. The summed E-state index contributed by atoms with van der Waals surface area (Å²) in [5.74, 6) is 2.55. The van der Waals surface area contributed by atoms with Gasteiger partial charge in [-0.1, -0.05) is 57.1 Å². The SMILES string of the molecule is CC(C)CCc1onc(N)c1-c1ccc(C(C)C)cc1. The Labute approximate surface area is 121 Å². The molecule has 0 spiro atoms. The van der Waals surface area contributed by atoms with Crippen LogP contribution in [0, 0.1) is 5.92 Å². The van der Waals surface area contributed by atoms with E-state index in [1.165, 1.54) is 5.56 Å². The molecular weight excluding hydrogens is 248 g/mol. The molecule has 3 nitrogen and oxygen atoms in total. The molecule has 0 amide bonds. The molecule has 3 heteroatoms. The Morgan fingerprint density at radius 2 is 1.75 bits per heavy atom. The van der Waals surface area contributed by atoms with Crippen molar-refractivity contribution in [2.75, 3.05) is 5.73 Å². The van der Waals surface area contributed by atoms with Crippen molar-refractivity contribution in [2.24, 2.45) is 5.92 Å². The molecule has 1 heterocycles. The minimum atomic E-state index is 0.487. The predicted molar refractivity (Wildman–Crippen MR) is 83.6 cm³/mol. The van der Waals surface area contributed by atoms with E-state index < -0.39 is 0 Å². The largest absolute Gasteiger partial charge is 0.380 e. The first kappa shape index (κ1) is 14.6. The highest BCUT2D eigenvalue weighted by atomic mass is 16.5. The predicted octanol–water partition coefficient (Wildman–Crippen LogP) is 4.64. The molecule has 0 saturated carbocycles. The molecule has 0 atom stereocenters. The van der Waals surface area contributed by atoms with Crippen LogP contribution in [-0.4, -0.2) is 5.16 Å². The van der Waals surface area contributed by atoms with E-state index in [0.29, 0.717) is 17.7 Å². The van der Waals surface area contributed by atoms with E-state index in [-0.39, 0.29) is 0 Å². The first-order valence-electron chi connectivity index (χ1n) is 7.33. The summed E-state index contributed by atoms with van der Waals surface area (Å²) in [5.41, 5.74) is 9.35. The van der Waals surface area contributed by atoms with Crippen molar-refractivity contribution in [1.82, 2.24) is 5.16 Å². The van der Waals surface area contributed by atoms with E-state index in [1.54, 1.807) is 0 Å². The van der Waals surface area contributed by atoms with Crippen LogP contribution >= 0.6 is 0 Å². The lowest BCUT2D eigenvalue weighted by Gasteiger charge is -2.08. The number of aromatic nitrogens is 1. The fourth-order valence-electron chi connectivity index (χ4n) is 2.27. The number of aryl methyl sites for hydroxylation is 1. The maximum absolute atomic E-state index is 5.97. The average Bonchev–Trinajstić information content (AvgIpc) is 2.77. The number of hydrogen-bond acceptors (Lipinski definition) is 3. The van der Waals surface area contributed by atoms with Crippen molar-refractivity contribution in [1.29, 1.82) is 0 Å². The van der Waals surface area contributed by atoms with Crippen LogP contribution in [0.5, 0.6) is 0 Å². The fraction of sp³-hybridized carbons (Fsp3) is 0.471. The van der Waals surface area contributed by atoms with Gasteiger partial charge in [0.05, 0.1) is 5.56 Å². The fourth-order valence-corrected chi connectivity index (χ4v) is 2.27. The van der Waals surface area contributed by atoms with Crippen molar-refractivity contribution in [2.45, 2.75) is 46.5 Å². The number of nitrogens with zero attached hydrogens (tertiary/aromatic N) is 1. The summed E-state index contributed by atoms with van der Waals surface area (Å²) < 4.78 is 5.40. The van der Waals surface area contributed by atoms with E-state index in [2.05, 4.69) is 57.1 Å². The van der Waals surface area contributed by atoms with E-state index >= 15 is 0 Å². The Morgan fingerprint density at radius 3 is 2.30 bits per heavy atom. The van der Waals surface area contributed by atoms with Gasteiger partial charge in [0.1, 0.15) is 5.76 Å². The molecule has 108 valence electrons. The summed E-state index contributed by atoms with van der Waals surface area (Å²) in [6.07, 6.45) is 1.95. The van der Waals surface area contributed by atoms with Gasteiger partial charge < -0.3 is 10.3 Å².